The minimum atomic E-state index is -1.54. The molecule has 0 aromatic rings. The van der Waals surface area contributed by atoms with Crippen LogP contribution >= 0.6 is 0 Å². The predicted molar refractivity (Wildman–Crippen MR) is 55.2 cm³/mol. The summed E-state index contributed by atoms with van der Waals surface area (Å²) in [6.45, 7) is 3.34. The van der Waals surface area contributed by atoms with Crippen molar-refractivity contribution in [2.24, 2.45) is 11.5 Å². The van der Waals surface area contributed by atoms with Gasteiger partial charge in [-0.05, 0) is 13.8 Å². The number of ether oxygens (including phenoxy) is 2. The van der Waals surface area contributed by atoms with Crippen molar-refractivity contribution in [2.45, 2.75) is 25.0 Å². The molecule has 0 radical (unpaired) electrons. The van der Waals surface area contributed by atoms with Crippen LogP contribution in [0.3, 0.4) is 0 Å². The van der Waals surface area contributed by atoms with Gasteiger partial charge in [-0.15, -0.1) is 0 Å². The molecule has 1 rings (SSSR count). The van der Waals surface area contributed by atoms with Gasteiger partial charge in [0.15, 0.2) is 11.2 Å². The summed E-state index contributed by atoms with van der Waals surface area (Å²) in [6.07, 6.45) is 0. The monoisotopic (exact) mass is 234 g/mol. The van der Waals surface area contributed by atoms with E-state index in [1.807, 2.05) is 0 Å². The smallest absolute Gasteiger partial charge is 0.340 e. The molecule has 0 bridgehead atoms. The van der Waals surface area contributed by atoms with Gasteiger partial charge in [-0.2, -0.15) is 0 Å². The number of methoxy groups -OCH3 is 1. The Kier molecular flexibility index (Phi) is 4.85. The van der Waals surface area contributed by atoms with Crippen molar-refractivity contribution < 1.29 is 24.2 Å². The lowest BCUT2D eigenvalue weighted by molar-refractivity contribution is -0.146. The molecule has 0 aliphatic carbocycles. The zero-order valence-electron chi connectivity index (χ0n) is 9.65. The van der Waals surface area contributed by atoms with Crippen LogP contribution in [0.4, 0.5) is 0 Å². The van der Waals surface area contributed by atoms with Crippen molar-refractivity contribution in [2.75, 3.05) is 20.3 Å². The van der Waals surface area contributed by atoms with Gasteiger partial charge in [0.2, 0.25) is 5.91 Å². The number of hydrogen-bond acceptors (Lipinski definition) is 6. The summed E-state index contributed by atoms with van der Waals surface area (Å²) in [7, 11) is 1.36. The van der Waals surface area contributed by atoms with Gasteiger partial charge in [-0.3, -0.25) is 4.79 Å². The van der Waals surface area contributed by atoms with Gasteiger partial charge in [0.25, 0.3) is 0 Å². The van der Waals surface area contributed by atoms with Crippen LogP contribution in [-0.2, 0) is 19.1 Å². The van der Waals surface area contributed by atoms with E-state index in [4.69, 9.17) is 21.3 Å². The van der Waals surface area contributed by atoms with Crippen LogP contribution in [0.5, 0.6) is 0 Å². The van der Waals surface area contributed by atoms with E-state index < -0.39 is 17.1 Å². The van der Waals surface area contributed by atoms with E-state index in [1.54, 1.807) is 6.92 Å². The maximum absolute atomic E-state index is 10.5. The number of carbonyl (C=O) groups is 2. The maximum Gasteiger partial charge on any atom is 0.340 e. The fourth-order valence-electron chi connectivity index (χ4n) is 0.543. The van der Waals surface area contributed by atoms with Gasteiger partial charge in [-0.1, -0.05) is 0 Å². The van der Waals surface area contributed by atoms with Crippen LogP contribution < -0.4 is 11.5 Å². The van der Waals surface area contributed by atoms with E-state index in [1.165, 1.54) is 14.0 Å². The average molecular weight is 234 g/mol. The predicted octanol–water partition coefficient (Wildman–Crippen LogP) is -1.87. The lowest BCUT2D eigenvalue weighted by atomic mass is 10.1. The highest BCUT2D eigenvalue weighted by atomic mass is 16.6. The standard InChI is InChI=1S/C5H8O3.C4H10N2O2/c1-5(3-8-5)4(6)7-2;1-4(8,2-5)3(6)7/h3H2,1-2H3;8H,2,5H2,1H3,(H2,6,7). The number of amides is 1. The summed E-state index contributed by atoms with van der Waals surface area (Å²) >= 11 is 0. The molecule has 16 heavy (non-hydrogen) atoms. The van der Waals surface area contributed by atoms with E-state index in [0.717, 1.165) is 0 Å². The number of rotatable bonds is 3. The first-order chi connectivity index (χ1) is 7.19. The van der Waals surface area contributed by atoms with Crippen LogP contribution in [0, 0.1) is 0 Å². The molecule has 0 aromatic carbocycles. The van der Waals surface area contributed by atoms with Gasteiger partial charge in [-0.25, -0.2) is 4.79 Å². The van der Waals surface area contributed by atoms with E-state index in [0.29, 0.717) is 6.61 Å². The van der Waals surface area contributed by atoms with Gasteiger partial charge < -0.3 is 26.0 Å². The Morgan fingerprint density at radius 2 is 2.06 bits per heavy atom. The first kappa shape index (κ1) is 14.8. The van der Waals surface area contributed by atoms with Gasteiger partial charge in [0, 0.05) is 6.54 Å². The Morgan fingerprint density at radius 1 is 1.62 bits per heavy atom. The highest BCUT2D eigenvalue weighted by Gasteiger charge is 2.48. The first-order valence-corrected chi connectivity index (χ1v) is 4.64. The largest absolute Gasteiger partial charge is 0.467 e. The minimum absolute atomic E-state index is 0.137. The number of primary amides is 1. The van der Waals surface area contributed by atoms with Gasteiger partial charge in [0.05, 0.1) is 13.7 Å². The van der Waals surface area contributed by atoms with Gasteiger partial charge >= 0.3 is 5.97 Å². The van der Waals surface area contributed by atoms with Gasteiger partial charge in [0.1, 0.15) is 0 Å². The number of hydrogen-bond donors (Lipinski definition) is 3. The summed E-state index contributed by atoms with van der Waals surface area (Å²) < 4.78 is 9.19. The van der Waals surface area contributed by atoms with Crippen LogP contribution in [0.25, 0.3) is 0 Å². The third kappa shape index (κ3) is 4.13. The normalized spacial score (nSPS) is 25.8. The third-order valence-electron chi connectivity index (χ3n) is 2.12. The molecule has 2 atom stereocenters. The molecule has 1 heterocycles. The number of carbonyl (C=O) groups excluding carboxylic acids is 2. The Bertz CT molecular complexity index is 273. The summed E-state index contributed by atoms with van der Waals surface area (Å²) in [5.74, 6) is -1.07. The quantitative estimate of drug-likeness (QED) is 0.387. The molecule has 0 aromatic heterocycles. The molecule has 94 valence electrons. The lowest BCUT2D eigenvalue weighted by Crippen LogP contribution is -2.46. The first-order valence-electron chi connectivity index (χ1n) is 4.64. The lowest BCUT2D eigenvalue weighted by Gasteiger charge is -2.14. The molecule has 0 spiro atoms. The summed E-state index contributed by atoms with van der Waals surface area (Å²) in [6, 6.07) is 0. The number of epoxide rings is 1. The SMILES string of the molecule is CC(O)(CN)C(N)=O.COC(=O)C1(C)CO1. The van der Waals surface area contributed by atoms with E-state index in [2.05, 4.69) is 4.74 Å². The summed E-state index contributed by atoms with van der Waals surface area (Å²) in [5.41, 5.74) is 7.52. The molecule has 2 unspecified atom stereocenters. The van der Waals surface area contributed by atoms with Crippen molar-refractivity contribution in [3.8, 4) is 0 Å². The van der Waals surface area contributed by atoms with Crippen molar-refractivity contribution in [3.63, 3.8) is 0 Å². The second kappa shape index (κ2) is 5.24. The van der Waals surface area contributed by atoms with Crippen LogP contribution in [0.1, 0.15) is 13.8 Å². The Labute approximate surface area is 93.7 Å². The van der Waals surface area contributed by atoms with Crippen molar-refractivity contribution in [1.29, 1.82) is 0 Å². The molecule has 1 aliphatic heterocycles. The Hall–Kier alpha value is -1.18. The topological polar surface area (TPSA) is 128 Å². The molecule has 1 fully saturated rings. The molecular formula is C9H18N2O5. The zero-order valence-corrected chi connectivity index (χ0v) is 9.65. The summed E-state index contributed by atoms with van der Waals surface area (Å²) in [5, 5.41) is 8.80. The Balaban J connectivity index is 0.000000281. The van der Waals surface area contributed by atoms with E-state index in [9.17, 15) is 9.59 Å². The second-order valence-corrected chi connectivity index (χ2v) is 3.85. The van der Waals surface area contributed by atoms with Crippen LogP contribution in [-0.4, -0.2) is 48.4 Å². The highest BCUT2D eigenvalue weighted by Crippen LogP contribution is 2.26. The molecule has 7 nitrogen and oxygen atoms in total. The van der Waals surface area contributed by atoms with E-state index in [-0.39, 0.29) is 12.5 Å². The van der Waals surface area contributed by atoms with Crippen LogP contribution in [0.2, 0.25) is 0 Å². The fourth-order valence-corrected chi connectivity index (χ4v) is 0.543. The van der Waals surface area contributed by atoms with Crippen molar-refractivity contribution in [3.05, 3.63) is 0 Å². The Morgan fingerprint density at radius 3 is 2.12 bits per heavy atom. The zero-order chi connectivity index (χ0) is 13.0. The maximum atomic E-state index is 10.5. The average Bonchev–Trinajstić information content (AvgIpc) is 2.97. The molecule has 1 aliphatic rings. The van der Waals surface area contributed by atoms with E-state index >= 15 is 0 Å². The number of esters is 1. The number of nitrogens with two attached hydrogens (primary N) is 2. The minimum Gasteiger partial charge on any atom is -0.467 e. The molecule has 7 heteroatoms. The highest BCUT2D eigenvalue weighted by molar-refractivity contribution is 5.82. The second-order valence-electron chi connectivity index (χ2n) is 3.85. The summed E-state index contributed by atoms with van der Waals surface area (Å²) in [4.78, 5) is 20.7. The number of aliphatic hydroxyl groups is 1. The fraction of sp³-hybridized carbons (Fsp3) is 0.778. The third-order valence-corrected chi connectivity index (χ3v) is 2.12. The van der Waals surface area contributed by atoms with Crippen molar-refractivity contribution >= 4 is 11.9 Å². The van der Waals surface area contributed by atoms with Crippen molar-refractivity contribution in [1.82, 2.24) is 0 Å². The molecule has 1 saturated heterocycles. The molecular weight excluding hydrogens is 216 g/mol. The molecule has 5 N–H and O–H groups in total. The molecule has 1 amide bonds. The molecule has 0 saturated carbocycles. The van der Waals surface area contributed by atoms with Crippen LogP contribution in [0.15, 0.2) is 0 Å².